The van der Waals surface area contributed by atoms with Gasteiger partial charge in [0.25, 0.3) is 5.56 Å². The van der Waals surface area contributed by atoms with Crippen LogP contribution in [0.25, 0.3) is 0 Å². The van der Waals surface area contributed by atoms with E-state index in [1.807, 2.05) is 4.90 Å². The summed E-state index contributed by atoms with van der Waals surface area (Å²) in [5.74, 6) is 0.0558. The van der Waals surface area contributed by atoms with Gasteiger partial charge in [0.15, 0.2) is 0 Å². The zero-order chi connectivity index (χ0) is 14.7. The van der Waals surface area contributed by atoms with Gasteiger partial charge in [-0.05, 0) is 12.8 Å². The molecule has 2 saturated heterocycles. The lowest BCUT2D eigenvalue weighted by atomic mass is 10.2. The Hall–Kier alpha value is -1.56. The molecule has 6 heteroatoms. The summed E-state index contributed by atoms with van der Waals surface area (Å²) in [6.45, 7) is 4.24. The molecule has 21 heavy (non-hydrogen) atoms. The van der Waals surface area contributed by atoms with Gasteiger partial charge in [-0.25, -0.2) is 0 Å². The SMILES string of the molecule is O=c1[nH]c(N2CCCCCC2)cc(N2CCOCC2)c1F. The molecule has 116 valence electrons. The number of aromatic amines is 1. The van der Waals surface area contributed by atoms with Crippen LogP contribution in [0.2, 0.25) is 0 Å². The third-order valence-corrected chi connectivity index (χ3v) is 4.24. The molecule has 0 spiro atoms. The number of morpholine rings is 1. The summed E-state index contributed by atoms with van der Waals surface area (Å²) in [6, 6.07) is 1.79. The predicted molar refractivity (Wildman–Crippen MR) is 80.7 cm³/mol. The number of H-pyrrole nitrogens is 1. The molecular weight excluding hydrogens is 273 g/mol. The van der Waals surface area contributed by atoms with Crippen molar-refractivity contribution in [2.45, 2.75) is 25.7 Å². The molecule has 0 aromatic carbocycles. The Bertz CT molecular complexity index is 532. The van der Waals surface area contributed by atoms with Gasteiger partial charge in [0.05, 0.1) is 18.9 Å². The van der Waals surface area contributed by atoms with Crippen LogP contribution in [-0.4, -0.2) is 44.4 Å². The number of aromatic nitrogens is 1. The van der Waals surface area contributed by atoms with E-state index in [-0.39, 0.29) is 0 Å². The van der Waals surface area contributed by atoms with E-state index in [9.17, 15) is 9.18 Å². The molecule has 0 unspecified atom stereocenters. The van der Waals surface area contributed by atoms with E-state index in [1.165, 1.54) is 12.8 Å². The van der Waals surface area contributed by atoms with E-state index in [1.54, 1.807) is 6.07 Å². The van der Waals surface area contributed by atoms with Crippen LogP contribution in [-0.2, 0) is 4.74 Å². The number of nitrogens with zero attached hydrogens (tertiary/aromatic N) is 2. The first kappa shape index (κ1) is 14.4. The second-order valence-electron chi connectivity index (χ2n) is 5.68. The molecule has 0 saturated carbocycles. The van der Waals surface area contributed by atoms with Crippen molar-refractivity contribution < 1.29 is 9.13 Å². The maximum atomic E-state index is 14.2. The molecule has 0 amide bonds. The zero-order valence-corrected chi connectivity index (χ0v) is 12.2. The maximum Gasteiger partial charge on any atom is 0.287 e. The third kappa shape index (κ3) is 3.20. The minimum atomic E-state index is -0.685. The quantitative estimate of drug-likeness (QED) is 0.903. The minimum absolute atomic E-state index is 0.404. The second-order valence-corrected chi connectivity index (χ2v) is 5.68. The number of pyridine rings is 1. The van der Waals surface area contributed by atoms with Crippen LogP contribution in [0.5, 0.6) is 0 Å². The number of nitrogens with one attached hydrogen (secondary N) is 1. The summed E-state index contributed by atoms with van der Waals surface area (Å²) in [6.07, 6.45) is 4.68. The van der Waals surface area contributed by atoms with Crippen molar-refractivity contribution >= 4 is 11.5 Å². The molecule has 2 aliphatic heterocycles. The van der Waals surface area contributed by atoms with Crippen molar-refractivity contribution in [3.05, 3.63) is 22.2 Å². The van der Waals surface area contributed by atoms with Crippen LogP contribution in [0, 0.1) is 5.82 Å². The third-order valence-electron chi connectivity index (χ3n) is 4.24. The van der Waals surface area contributed by atoms with Crippen LogP contribution >= 0.6 is 0 Å². The van der Waals surface area contributed by atoms with Crippen LogP contribution in [0.3, 0.4) is 0 Å². The summed E-state index contributed by atoms with van der Waals surface area (Å²) in [7, 11) is 0. The van der Waals surface area contributed by atoms with Gasteiger partial charge in [-0.15, -0.1) is 0 Å². The lowest BCUT2D eigenvalue weighted by molar-refractivity contribution is 0.122. The van der Waals surface area contributed by atoms with Crippen LogP contribution in [0.15, 0.2) is 10.9 Å². The molecule has 3 heterocycles. The average molecular weight is 295 g/mol. The van der Waals surface area contributed by atoms with Gasteiger partial charge in [-0.2, -0.15) is 4.39 Å². The van der Waals surface area contributed by atoms with E-state index >= 15 is 0 Å². The molecule has 0 bridgehead atoms. The molecule has 2 aliphatic rings. The molecule has 1 aromatic heterocycles. The Labute approximate surface area is 123 Å². The van der Waals surface area contributed by atoms with Crippen molar-refractivity contribution in [2.24, 2.45) is 0 Å². The smallest absolute Gasteiger partial charge is 0.287 e. The van der Waals surface area contributed by atoms with Gasteiger partial charge in [0, 0.05) is 32.2 Å². The first-order valence-corrected chi connectivity index (χ1v) is 7.76. The number of halogens is 1. The minimum Gasteiger partial charge on any atom is -0.378 e. The monoisotopic (exact) mass is 295 g/mol. The predicted octanol–water partition coefficient (Wildman–Crippen LogP) is 1.73. The summed E-state index contributed by atoms with van der Waals surface area (Å²) in [4.78, 5) is 18.7. The van der Waals surface area contributed by atoms with E-state index in [0.29, 0.717) is 32.0 Å². The largest absolute Gasteiger partial charge is 0.378 e. The highest BCUT2D eigenvalue weighted by Crippen LogP contribution is 2.24. The second kappa shape index (κ2) is 6.47. The normalized spacial score (nSPS) is 20.4. The number of hydrogen-bond acceptors (Lipinski definition) is 4. The zero-order valence-electron chi connectivity index (χ0n) is 12.2. The van der Waals surface area contributed by atoms with Gasteiger partial charge in [-0.1, -0.05) is 12.8 Å². The van der Waals surface area contributed by atoms with E-state index < -0.39 is 11.4 Å². The summed E-state index contributed by atoms with van der Waals surface area (Å²) < 4.78 is 19.5. The summed E-state index contributed by atoms with van der Waals surface area (Å²) >= 11 is 0. The highest BCUT2D eigenvalue weighted by molar-refractivity contribution is 5.56. The van der Waals surface area contributed by atoms with E-state index in [0.717, 1.165) is 31.7 Å². The van der Waals surface area contributed by atoms with Crippen molar-refractivity contribution in [1.82, 2.24) is 4.98 Å². The number of rotatable bonds is 2. The van der Waals surface area contributed by atoms with E-state index in [4.69, 9.17) is 4.74 Å². The topological polar surface area (TPSA) is 48.6 Å². The maximum absolute atomic E-state index is 14.2. The van der Waals surface area contributed by atoms with Crippen LogP contribution in [0.1, 0.15) is 25.7 Å². The lowest BCUT2D eigenvalue weighted by Gasteiger charge is -2.30. The fraction of sp³-hybridized carbons (Fsp3) is 0.667. The van der Waals surface area contributed by atoms with E-state index in [2.05, 4.69) is 9.88 Å². The first-order chi connectivity index (χ1) is 10.3. The molecule has 3 rings (SSSR count). The molecule has 0 radical (unpaired) electrons. The highest BCUT2D eigenvalue weighted by atomic mass is 19.1. The Kier molecular flexibility index (Phi) is 4.43. The van der Waals surface area contributed by atoms with Crippen LogP contribution < -0.4 is 15.4 Å². The standard InChI is InChI=1S/C15H22FN3O2/c16-14-12(18-7-9-21-10-8-18)11-13(17-15(14)20)19-5-3-1-2-4-6-19/h11H,1-10H2,(H,17,20). The molecular formula is C15H22FN3O2. The highest BCUT2D eigenvalue weighted by Gasteiger charge is 2.20. The van der Waals surface area contributed by atoms with Gasteiger partial charge in [-0.3, -0.25) is 4.79 Å². The Balaban J connectivity index is 1.90. The molecule has 1 N–H and O–H groups in total. The summed E-state index contributed by atoms with van der Waals surface area (Å²) in [5, 5.41) is 0. The molecule has 1 aromatic rings. The Morgan fingerprint density at radius 2 is 1.67 bits per heavy atom. The lowest BCUT2D eigenvalue weighted by Crippen LogP contribution is -2.38. The molecule has 0 aliphatic carbocycles. The molecule has 5 nitrogen and oxygen atoms in total. The number of anilines is 2. The fourth-order valence-electron chi connectivity index (χ4n) is 3.03. The van der Waals surface area contributed by atoms with Gasteiger partial charge in [0.2, 0.25) is 5.82 Å². The fourth-order valence-corrected chi connectivity index (χ4v) is 3.03. The van der Waals surface area contributed by atoms with Gasteiger partial charge < -0.3 is 19.5 Å². The first-order valence-electron chi connectivity index (χ1n) is 7.76. The molecule has 2 fully saturated rings. The van der Waals surface area contributed by atoms with Gasteiger partial charge >= 0.3 is 0 Å². The number of ether oxygens (including phenoxy) is 1. The average Bonchev–Trinajstić information content (AvgIpc) is 2.80. The molecule has 0 atom stereocenters. The van der Waals surface area contributed by atoms with Crippen molar-refractivity contribution in [1.29, 1.82) is 0 Å². The van der Waals surface area contributed by atoms with Crippen molar-refractivity contribution in [2.75, 3.05) is 49.2 Å². The van der Waals surface area contributed by atoms with Crippen LogP contribution in [0.4, 0.5) is 15.9 Å². The summed E-state index contributed by atoms with van der Waals surface area (Å²) in [5.41, 5.74) is -0.223. The van der Waals surface area contributed by atoms with Crippen molar-refractivity contribution in [3.63, 3.8) is 0 Å². The van der Waals surface area contributed by atoms with Gasteiger partial charge in [0.1, 0.15) is 5.82 Å². The number of hydrogen-bond donors (Lipinski definition) is 1. The van der Waals surface area contributed by atoms with Crippen molar-refractivity contribution in [3.8, 4) is 0 Å². The Morgan fingerprint density at radius 3 is 2.33 bits per heavy atom. The Morgan fingerprint density at radius 1 is 1.00 bits per heavy atom.